The predicted octanol–water partition coefficient (Wildman–Crippen LogP) is -1.19. The van der Waals surface area contributed by atoms with Crippen LogP contribution in [0.15, 0.2) is 0 Å². The van der Waals surface area contributed by atoms with Crippen molar-refractivity contribution in [2.24, 2.45) is 0 Å². The molecule has 0 spiro atoms. The minimum atomic E-state index is 0. The Labute approximate surface area is 73.2 Å². The summed E-state index contributed by atoms with van der Waals surface area (Å²) in [6.07, 6.45) is 0. The molecule has 0 aliphatic rings. The second-order valence-corrected chi connectivity index (χ2v) is 0. The van der Waals surface area contributed by atoms with Gasteiger partial charge >= 0.3 is 0 Å². The third-order valence-corrected chi connectivity index (χ3v) is 0. The van der Waals surface area contributed by atoms with Gasteiger partial charge in [-0.2, -0.15) is 0 Å². The summed E-state index contributed by atoms with van der Waals surface area (Å²) >= 11 is 0. The van der Waals surface area contributed by atoms with Crippen LogP contribution in [0, 0.1) is 0 Å². The maximum Gasteiger partial charge on any atom is 0.187 e. The molecule has 0 rings (SSSR count). The van der Waals surface area contributed by atoms with Gasteiger partial charge in [0, 0.05) is 56.7 Å². The summed E-state index contributed by atoms with van der Waals surface area (Å²) in [5, 5.41) is 0. The molecule has 0 heterocycles. The topological polar surface area (TPSA) is 0 Å². The third-order valence-electron chi connectivity index (χ3n) is 0. The van der Waals surface area contributed by atoms with Crippen molar-refractivity contribution in [3.05, 3.63) is 0 Å². The van der Waals surface area contributed by atoms with Crippen LogP contribution in [0.2, 0.25) is 0 Å². The first kappa shape index (κ1) is 33.2. The van der Waals surface area contributed by atoms with Gasteiger partial charge in [0.15, 0.2) is 17.4 Å². The van der Waals surface area contributed by atoms with Gasteiger partial charge in [-0.25, -0.2) is 0 Å². The summed E-state index contributed by atoms with van der Waals surface area (Å²) in [5.74, 6) is 0. The Kier molecular flexibility index (Phi) is 153. The molecule has 0 amide bonds. The zero-order valence-corrected chi connectivity index (χ0v) is 6.64. The average molecular weight is 321 g/mol. The molecule has 25 valence electrons. The van der Waals surface area contributed by atoms with Gasteiger partial charge < -0.3 is 0 Å². The Morgan fingerprint density at radius 2 is 1.00 bits per heavy atom. The van der Waals surface area contributed by atoms with Crippen molar-refractivity contribution in [1.29, 1.82) is 0 Å². The van der Waals surface area contributed by atoms with E-state index in [9.17, 15) is 0 Å². The second-order valence-electron chi connectivity index (χ2n) is 0. The van der Waals surface area contributed by atoms with Crippen molar-refractivity contribution in [3.63, 3.8) is 0 Å². The molecule has 0 aromatic rings. The van der Waals surface area contributed by atoms with Crippen LogP contribution in [0.4, 0.5) is 0 Å². The van der Waals surface area contributed by atoms with Crippen LogP contribution in [0.3, 0.4) is 0 Å². The van der Waals surface area contributed by atoms with E-state index in [0.29, 0.717) is 0 Å². The molecule has 0 saturated heterocycles. The Hall–Kier alpha value is 2.32. The van der Waals surface area contributed by atoms with E-state index >= 15 is 0 Å². The molecule has 0 bridgehead atoms. The van der Waals surface area contributed by atoms with Gasteiger partial charge in [0.2, 0.25) is 0 Å². The van der Waals surface area contributed by atoms with Crippen LogP contribution in [0.25, 0.3) is 0 Å². The molecule has 0 aromatic carbocycles. The van der Waals surface area contributed by atoms with E-state index in [-0.39, 0.29) is 74.1 Å². The number of hydrogen-bond donors (Lipinski definition) is 0. The van der Waals surface area contributed by atoms with Crippen LogP contribution in [-0.4, -0.2) is 17.4 Å². The summed E-state index contributed by atoms with van der Waals surface area (Å²) in [4.78, 5) is 0. The van der Waals surface area contributed by atoms with Crippen molar-refractivity contribution in [2.75, 3.05) is 0 Å². The standard InChI is InChI=1S/Al.Fe.V.W.3H. The van der Waals surface area contributed by atoms with E-state index in [1.165, 1.54) is 0 Å². The molecule has 0 saturated carbocycles. The van der Waals surface area contributed by atoms with Gasteiger partial charge in [-0.3, -0.25) is 0 Å². The first-order valence-corrected chi connectivity index (χ1v) is 0. The van der Waals surface area contributed by atoms with Crippen LogP contribution in [0.1, 0.15) is 0 Å². The molecule has 0 aromatic heterocycles. The van der Waals surface area contributed by atoms with E-state index in [1.54, 1.807) is 0 Å². The average Bonchev–Trinajstić information content (AvgIpc) is 0. The summed E-state index contributed by atoms with van der Waals surface area (Å²) in [5.41, 5.74) is 0. The molecule has 4 heteroatoms. The maximum atomic E-state index is 0. The summed E-state index contributed by atoms with van der Waals surface area (Å²) in [6.45, 7) is 0. The fourth-order valence-corrected chi connectivity index (χ4v) is 0. The van der Waals surface area contributed by atoms with Crippen LogP contribution >= 0.6 is 0 Å². The van der Waals surface area contributed by atoms with Crippen molar-refractivity contribution >= 4 is 17.4 Å². The molecule has 0 nitrogen and oxygen atoms in total. The third kappa shape index (κ3) is 8.85. The van der Waals surface area contributed by atoms with Crippen LogP contribution < -0.4 is 0 Å². The first-order chi connectivity index (χ1) is 0. The van der Waals surface area contributed by atoms with Crippen molar-refractivity contribution in [2.45, 2.75) is 0 Å². The second kappa shape index (κ2) is 18.4. The number of rotatable bonds is 0. The van der Waals surface area contributed by atoms with Gasteiger partial charge in [0.1, 0.15) is 0 Å². The molecular formula is H3AlFeVW. The van der Waals surface area contributed by atoms with Crippen LogP contribution in [-0.2, 0) is 56.7 Å². The fourth-order valence-electron chi connectivity index (χ4n) is 0. The Balaban J connectivity index is 0. The molecule has 1 radical (unpaired) electrons. The molecule has 0 fully saturated rings. The van der Waals surface area contributed by atoms with Crippen molar-refractivity contribution in [3.8, 4) is 0 Å². The predicted molar refractivity (Wildman–Crippen MR) is 9.94 cm³/mol. The van der Waals surface area contributed by atoms with E-state index in [0.717, 1.165) is 0 Å². The maximum absolute atomic E-state index is 0. The van der Waals surface area contributed by atoms with E-state index in [1.807, 2.05) is 0 Å². The van der Waals surface area contributed by atoms with Gasteiger partial charge in [0.25, 0.3) is 0 Å². The largest absolute Gasteiger partial charge is 0.187 e. The molecule has 0 unspecified atom stereocenters. The summed E-state index contributed by atoms with van der Waals surface area (Å²) in [6, 6.07) is 0. The smallest absolute Gasteiger partial charge is 0 e. The van der Waals surface area contributed by atoms with Gasteiger partial charge in [-0.15, -0.1) is 0 Å². The molecule has 4 heavy (non-hydrogen) atoms. The molecular weight excluding hydrogens is 318 g/mol. The van der Waals surface area contributed by atoms with Crippen LogP contribution in [0.5, 0.6) is 0 Å². The van der Waals surface area contributed by atoms with E-state index in [4.69, 9.17) is 0 Å². The zero-order valence-electron chi connectivity index (χ0n) is 1.21. The Bertz CT molecular complexity index is 8.00. The van der Waals surface area contributed by atoms with E-state index < -0.39 is 0 Å². The zero-order chi connectivity index (χ0) is 0. The van der Waals surface area contributed by atoms with Crippen molar-refractivity contribution < 1.29 is 56.7 Å². The minimum Gasteiger partial charge on any atom is 0 e. The molecule has 0 atom stereocenters. The SMILES string of the molecule is [AlH3].[Fe].[V].[W]. The molecule has 0 aliphatic heterocycles. The molecule has 0 aliphatic carbocycles. The Morgan fingerprint density at radius 1 is 1.00 bits per heavy atom. The van der Waals surface area contributed by atoms with E-state index in [2.05, 4.69) is 0 Å². The number of hydrogen-bond acceptors (Lipinski definition) is 0. The Morgan fingerprint density at radius 3 is 1.00 bits per heavy atom. The van der Waals surface area contributed by atoms with Gasteiger partial charge in [-0.1, -0.05) is 0 Å². The quantitative estimate of drug-likeness (QED) is 0.493. The summed E-state index contributed by atoms with van der Waals surface area (Å²) < 4.78 is 0. The first-order valence-electron chi connectivity index (χ1n) is 0. The minimum absolute atomic E-state index is 0. The monoisotopic (exact) mass is 321 g/mol. The van der Waals surface area contributed by atoms with Gasteiger partial charge in [0.05, 0.1) is 0 Å². The molecule has 0 N–H and O–H groups in total. The normalized spacial score (nSPS) is 0. The fraction of sp³-hybridized carbons (Fsp3) is 0. The van der Waals surface area contributed by atoms with Crippen molar-refractivity contribution in [1.82, 2.24) is 0 Å². The summed E-state index contributed by atoms with van der Waals surface area (Å²) in [7, 11) is 0. The van der Waals surface area contributed by atoms with Gasteiger partial charge in [-0.05, 0) is 0 Å².